The minimum Gasteiger partial charge on any atom is -0.544 e. The van der Waals surface area contributed by atoms with Gasteiger partial charge in [0.2, 0.25) is 5.91 Å². The molecule has 0 aliphatic carbocycles. The van der Waals surface area contributed by atoms with Crippen molar-refractivity contribution in [1.29, 1.82) is 0 Å². The molecule has 0 aliphatic heterocycles. The number of fused-ring (bicyclic) bond motifs is 1. The van der Waals surface area contributed by atoms with E-state index >= 15 is 0 Å². The van der Waals surface area contributed by atoms with Crippen molar-refractivity contribution < 1.29 is 25.1 Å². The maximum absolute atomic E-state index is 11.9. The Balaban J connectivity index is 2.01. The van der Waals surface area contributed by atoms with Crippen LogP contribution in [-0.2, 0) is 9.59 Å². The normalized spacial score (nSPS) is 12.0. The Morgan fingerprint density at radius 2 is 1.91 bits per heavy atom. The molecule has 0 saturated heterocycles. The second-order valence-corrected chi connectivity index (χ2v) is 4.99. The molecule has 0 heterocycles. The number of aliphatic hydroxyl groups excluding tert-OH is 1. The zero-order valence-electron chi connectivity index (χ0n) is 12.0. The standard InChI is InChI=1S/C16H18N2O4/c19-8-7-17-14(16(21)22)10-15(20)18-13-6-5-11-3-1-2-4-12(11)9-13/h1-6,9,14,17,19H,7-8,10H2,(H,18,20)(H,21,22)/t14-/m1/s1. The van der Waals surface area contributed by atoms with E-state index < -0.39 is 17.9 Å². The molecule has 22 heavy (non-hydrogen) atoms. The number of nitrogens with two attached hydrogens (primary N) is 1. The molecule has 116 valence electrons. The Kier molecular flexibility index (Phi) is 5.46. The van der Waals surface area contributed by atoms with Crippen LogP contribution in [0.3, 0.4) is 0 Å². The maximum Gasteiger partial charge on any atom is 0.230 e. The molecule has 0 aromatic heterocycles. The first-order valence-electron chi connectivity index (χ1n) is 7.04. The molecule has 0 fully saturated rings. The van der Waals surface area contributed by atoms with Gasteiger partial charge in [0, 0.05) is 5.69 Å². The molecule has 0 saturated carbocycles. The summed E-state index contributed by atoms with van der Waals surface area (Å²) < 4.78 is 0. The second-order valence-electron chi connectivity index (χ2n) is 4.99. The highest BCUT2D eigenvalue weighted by molar-refractivity contribution is 5.96. The van der Waals surface area contributed by atoms with Gasteiger partial charge in [-0.05, 0) is 22.9 Å². The summed E-state index contributed by atoms with van der Waals surface area (Å²) in [4.78, 5) is 22.9. The van der Waals surface area contributed by atoms with Gasteiger partial charge in [-0.25, -0.2) is 0 Å². The number of benzene rings is 2. The number of carbonyl (C=O) groups excluding carboxylic acids is 2. The third-order valence-corrected chi connectivity index (χ3v) is 3.32. The number of hydrogen-bond donors (Lipinski definition) is 3. The fraction of sp³-hybridized carbons (Fsp3) is 0.250. The van der Waals surface area contributed by atoms with Gasteiger partial charge in [0.05, 0.1) is 25.5 Å². The number of hydrogen-bond acceptors (Lipinski definition) is 4. The summed E-state index contributed by atoms with van der Waals surface area (Å²) in [5.74, 6) is -1.72. The highest BCUT2D eigenvalue weighted by Gasteiger charge is 2.18. The SMILES string of the molecule is O=C(C[C@@H]([NH2+]CCO)C(=O)[O-])Nc1ccc2ccccc2c1. The van der Waals surface area contributed by atoms with Crippen LogP contribution in [0.25, 0.3) is 10.8 Å². The average molecular weight is 302 g/mol. The summed E-state index contributed by atoms with van der Waals surface area (Å²) in [5, 5.41) is 25.8. The molecule has 6 heteroatoms. The third kappa shape index (κ3) is 4.28. The van der Waals surface area contributed by atoms with Crippen molar-refractivity contribution in [2.24, 2.45) is 0 Å². The van der Waals surface area contributed by atoms with E-state index in [0.717, 1.165) is 10.8 Å². The zero-order valence-corrected chi connectivity index (χ0v) is 12.0. The van der Waals surface area contributed by atoms with Gasteiger partial charge in [-0.3, -0.25) is 4.79 Å². The van der Waals surface area contributed by atoms with Crippen molar-refractivity contribution >= 4 is 28.3 Å². The van der Waals surface area contributed by atoms with Gasteiger partial charge < -0.3 is 25.6 Å². The lowest BCUT2D eigenvalue weighted by molar-refractivity contribution is -0.683. The number of rotatable bonds is 7. The van der Waals surface area contributed by atoms with Crippen molar-refractivity contribution in [3.05, 3.63) is 42.5 Å². The van der Waals surface area contributed by atoms with Crippen LogP contribution in [-0.4, -0.2) is 36.2 Å². The lowest BCUT2D eigenvalue weighted by Gasteiger charge is -2.15. The summed E-state index contributed by atoms with van der Waals surface area (Å²) in [7, 11) is 0. The van der Waals surface area contributed by atoms with E-state index in [2.05, 4.69) is 5.32 Å². The summed E-state index contributed by atoms with van der Waals surface area (Å²) in [6, 6.07) is 12.2. The van der Waals surface area contributed by atoms with Gasteiger partial charge in [0.15, 0.2) is 0 Å². The Hall–Kier alpha value is -2.44. The number of carbonyl (C=O) groups is 2. The average Bonchev–Trinajstić information content (AvgIpc) is 2.51. The fourth-order valence-electron chi connectivity index (χ4n) is 2.22. The fourth-order valence-corrected chi connectivity index (χ4v) is 2.22. The van der Waals surface area contributed by atoms with Crippen LogP contribution in [0.5, 0.6) is 0 Å². The molecular weight excluding hydrogens is 284 g/mol. The number of aliphatic carboxylic acids is 1. The minimum atomic E-state index is -1.32. The molecule has 2 rings (SSSR count). The van der Waals surface area contributed by atoms with Gasteiger partial charge >= 0.3 is 0 Å². The van der Waals surface area contributed by atoms with E-state index in [1.165, 1.54) is 5.32 Å². The predicted molar refractivity (Wildman–Crippen MR) is 79.9 cm³/mol. The molecular formula is C16H18N2O4. The van der Waals surface area contributed by atoms with Gasteiger partial charge in [-0.1, -0.05) is 30.3 Å². The topological polar surface area (TPSA) is 106 Å². The monoisotopic (exact) mass is 302 g/mol. The van der Waals surface area contributed by atoms with Crippen LogP contribution in [0, 0.1) is 0 Å². The van der Waals surface area contributed by atoms with Crippen LogP contribution < -0.4 is 15.7 Å². The highest BCUT2D eigenvalue weighted by atomic mass is 16.4. The molecule has 2 aromatic rings. The van der Waals surface area contributed by atoms with Crippen molar-refractivity contribution in [3.8, 4) is 0 Å². The van der Waals surface area contributed by atoms with Gasteiger partial charge in [-0.2, -0.15) is 0 Å². The van der Waals surface area contributed by atoms with E-state index in [9.17, 15) is 14.7 Å². The van der Waals surface area contributed by atoms with Gasteiger partial charge in [0.25, 0.3) is 0 Å². The van der Waals surface area contributed by atoms with Crippen molar-refractivity contribution in [2.45, 2.75) is 12.5 Å². The van der Waals surface area contributed by atoms with Crippen LogP contribution in [0.2, 0.25) is 0 Å². The van der Waals surface area contributed by atoms with Crippen LogP contribution in [0.1, 0.15) is 6.42 Å². The van der Waals surface area contributed by atoms with Gasteiger partial charge in [-0.15, -0.1) is 0 Å². The smallest absolute Gasteiger partial charge is 0.230 e. The summed E-state index contributed by atoms with van der Waals surface area (Å²) in [6.07, 6.45) is -0.213. The number of amides is 1. The Labute approximate surface area is 127 Å². The molecule has 4 N–H and O–H groups in total. The van der Waals surface area contributed by atoms with Gasteiger partial charge in [0.1, 0.15) is 6.04 Å². The largest absolute Gasteiger partial charge is 0.544 e. The Morgan fingerprint density at radius 3 is 2.59 bits per heavy atom. The molecule has 0 bridgehead atoms. The number of carboxylic acids is 1. The third-order valence-electron chi connectivity index (χ3n) is 3.32. The first-order chi connectivity index (χ1) is 10.6. The van der Waals surface area contributed by atoms with E-state index in [-0.39, 0.29) is 19.6 Å². The molecule has 1 atom stereocenters. The second kappa shape index (κ2) is 7.53. The molecule has 6 nitrogen and oxygen atoms in total. The van der Waals surface area contributed by atoms with E-state index in [1.54, 1.807) is 6.07 Å². The number of aliphatic hydroxyl groups is 1. The molecule has 0 aliphatic rings. The maximum atomic E-state index is 11.9. The number of anilines is 1. The van der Waals surface area contributed by atoms with Crippen molar-refractivity contribution in [1.82, 2.24) is 0 Å². The molecule has 1 amide bonds. The zero-order chi connectivity index (χ0) is 15.9. The molecule has 0 radical (unpaired) electrons. The quantitative estimate of drug-likeness (QED) is 0.600. The number of quaternary nitrogens is 1. The van der Waals surface area contributed by atoms with E-state index in [4.69, 9.17) is 5.11 Å². The lowest BCUT2D eigenvalue weighted by atomic mass is 10.1. The van der Waals surface area contributed by atoms with E-state index in [0.29, 0.717) is 5.69 Å². The summed E-state index contributed by atoms with van der Waals surface area (Å²) in [5.41, 5.74) is 0.614. The molecule has 0 unspecified atom stereocenters. The van der Waals surface area contributed by atoms with Crippen molar-refractivity contribution in [3.63, 3.8) is 0 Å². The summed E-state index contributed by atoms with van der Waals surface area (Å²) >= 11 is 0. The van der Waals surface area contributed by atoms with Crippen LogP contribution in [0.15, 0.2) is 42.5 Å². The first-order valence-corrected chi connectivity index (χ1v) is 7.04. The van der Waals surface area contributed by atoms with Crippen molar-refractivity contribution in [2.75, 3.05) is 18.5 Å². The predicted octanol–water partition coefficient (Wildman–Crippen LogP) is -1.16. The minimum absolute atomic E-state index is 0.157. The first kappa shape index (κ1) is 15.9. The molecule has 2 aromatic carbocycles. The Morgan fingerprint density at radius 1 is 1.18 bits per heavy atom. The highest BCUT2D eigenvalue weighted by Crippen LogP contribution is 2.18. The summed E-state index contributed by atoms with van der Waals surface area (Å²) in [6.45, 7) is 0.0535. The molecule has 0 spiro atoms. The number of carboxylic acid groups (broad SMARTS) is 1. The van der Waals surface area contributed by atoms with E-state index in [1.807, 2.05) is 36.4 Å². The number of nitrogens with one attached hydrogen (secondary N) is 1. The van der Waals surface area contributed by atoms with Crippen LogP contribution in [0.4, 0.5) is 5.69 Å². The lowest BCUT2D eigenvalue weighted by Crippen LogP contribution is -2.94. The van der Waals surface area contributed by atoms with Crippen LogP contribution >= 0.6 is 0 Å². The Bertz CT molecular complexity index is 672.